The van der Waals surface area contributed by atoms with Crippen molar-refractivity contribution in [2.45, 2.75) is 6.92 Å². The van der Waals surface area contributed by atoms with Crippen molar-refractivity contribution in [2.75, 3.05) is 5.32 Å². The van der Waals surface area contributed by atoms with Crippen LogP contribution in [0, 0.1) is 6.92 Å². The third kappa shape index (κ3) is 2.63. The zero-order valence-corrected chi connectivity index (χ0v) is 13.5. The molecule has 3 aromatic heterocycles. The van der Waals surface area contributed by atoms with Gasteiger partial charge in [0.1, 0.15) is 4.88 Å². The number of hydrogen-bond acceptors (Lipinski definition) is 6. The number of carbonyl (C=O) groups excluding carboxylic acids is 1. The highest BCUT2D eigenvalue weighted by Gasteiger charge is 2.14. The quantitative estimate of drug-likeness (QED) is 0.622. The standard InChI is InChI=1S/C16H12N6OS/c1-10-14(24-21-20-10)15(23)18-12-5-2-4-11(8-12)13-9-22-7-3-6-17-16(22)19-13/h2-9H,1H3,(H,18,23). The van der Waals surface area contributed by atoms with E-state index in [1.165, 1.54) is 0 Å². The van der Waals surface area contributed by atoms with Crippen LogP contribution in [0.25, 0.3) is 17.0 Å². The maximum atomic E-state index is 12.3. The third-order valence-electron chi connectivity index (χ3n) is 3.51. The van der Waals surface area contributed by atoms with Crippen LogP contribution in [0.15, 0.2) is 48.9 Å². The molecule has 4 aromatic rings. The summed E-state index contributed by atoms with van der Waals surface area (Å²) in [7, 11) is 0. The summed E-state index contributed by atoms with van der Waals surface area (Å²) in [5.41, 5.74) is 3.01. The topological polar surface area (TPSA) is 85.1 Å². The van der Waals surface area contributed by atoms with Crippen LogP contribution < -0.4 is 5.32 Å². The highest BCUT2D eigenvalue weighted by atomic mass is 32.1. The molecular weight excluding hydrogens is 324 g/mol. The minimum Gasteiger partial charge on any atom is -0.321 e. The molecule has 0 radical (unpaired) electrons. The number of benzene rings is 1. The van der Waals surface area contributed by atoms with Crippen molar-refractivity contribution >= 4 is 28.9 Å². The van der Waals surface area contributed by atoms with E-state index in [9.17, 15) is 4.79 Å². The van der Waals surface area contributed by atoms with Crippen molar-refractivity contribution in [2.24, 2.45) is 0 Å². The zero-order valence-electron chi connectivity index (χ0n) is 12.7. The number of anilines is 1. The van der Waals surface area contributed by atoms with Crippen molar-refractivity contribution in [3.8, 4) is 11.3 Å². The van der Waals surface area contributed by atoms with Gasteiger partial charge < -0.3 is 5.32 Å². The van der Waals surface area contributed by atoms with E-state index < -0.39 is 0 Å². The van der Waals surface area contributed by atoms with E-state index in [1.54, 1.807) is 13.1 Å². The summed E-state index contributed by atoms with van der Waals surface area (Å²) in [5.74, 6) is 0.421. The van der Waals surface area contributed by atoms with Crippen molar-refractivity contribution in [3.05, 3.63) is 59.5 Å². The molecule has 7 nitrogen and oxygen atoms in total. The summed E-state index contributed by atoms with van der Waals surface area (Å²) < 4.78 is 5.64. The van der Waals surface area contributed by atoms with Gasteiger partial charge in [0.15, 0.2) is 0 Å². The summed E-state index contributed by atoms with van der Waals surface area (Å²) in [5, 5.41) is 6.73. The molecule has 0 saturated carbocycles. The largest absolute Gasteiger partial charge is 0.321 e. The molecule has 1 aromatic carbocycles. The summed E-state index contributed by atoms with van der Waals surface area (Å²) >= 11 is 1.08. The SMILES string of the molecule is Cc1nnsc1C(=O)Nc1cccc(-c2cn3cccnc3n2)c1. The number of nitrogens with one attached hydrogen (secondary N) is 1. The number of aryl methyl sites for hydroxylation is 1. The van der Waals surface area contributed by atoms with Crippen LogP contribution in [0.3, 0.4) is 0 Å². The van der Waals surface area contributed by atoms with Crippen molar-refractivity contribution in [3.63, 3.8) is 0 Å². The van der Waals surface area contributed by atoms with E-state index in [0.29, 0.717) is 22.0 Å². The number of amides is 1. The number of nitrogens with zero attached hydrogens (tertiary/aromatic N) is 5. The Bertz CT molecular complexity index is 1000. The number of rotatable bonds is 3. The Balaban J connectivity index is 1.64. The van der Waals surface area contributed by atoms with Crippen molar-refractivity contribution < 1.29 is 4.79 Å². The molecule has 0 bridgehead atoms. The minimum atomic E-state index is -0.212. The number of imidazole rings is 1. The average molecular weight is 336 g/mol. The summed E-state index contributed by atoms with van der Waals surface area (Å²) in [4.78, 5) is 21.5. The Morgan fingerprint density at radius 2 is 2.21 bits per heavy atom. The third-order valence-corrected chi connectivity index (χ3v) is 4.34. The molecule has 0 unspecified atom stereocenters. The van der Waals surface area contributed by atoms with E-state index in [-0.39, 0.29) is 5.91 Å². The molecule has 118 valence electrons. The van der Waals surface area contributed by atoms with Crippen LogP contribution in [0.1, 0.15) is 15.4 Å². The summed E-state index contributed by atoms with van der Waals surface area (Å²) in [6.07, 6.45) is 5.50. The predicted molar refractivity (Wildman–Crippen MR) is 91.0 cm³/mol. The van der Waals surface area contributed by atoms with Gasteiger partial charge in [-0.3, -0.25) is 9.20 Å². The van der Waals surface area contributed by atoms with E-state index in [1.807, 2.05) is 47.1 Å². The number of fused-ring (bicyclic) bond motifs is 1. The molecule has 4 rings (SSSR count). The smallest absolute Gasteiger partial charge is 0.269 e. The second-order valence-corrected chi connectivity index (χ2v) is 5.93. The molecule has 8 heteroatoms. The van der Waals surface area contributed by atoms with Crippen molar-refractivity contribution in [1.29, 1.82) is 0 Å². The zero-order chi connectivity index (χ0) is 16.5. The first-order chi connectivity index (χ1) is 11.7. The molecule has 0 fully saturated rings. The maximum absolute atomic E-state index is 12.3. The van der Waals surface area contributed by atoms with Crippen LogP contribution >= 0.6 is 11.5 Å². The lowest BCUT2D eigenvalue weighted by atomic mass is 10.1. The van der Waals surface area contributed by atoms with Crippen LogP contribution in [-0.4, -0.2) is 29.9 Å². The second-order valence-electron chi connectivity index (χ2n) is 5.18. The molecule has 1 amide bonds. The van der Waals surface area contributed by atoms with E-state index in [2.05, 4.69) is 24.9 Å². The molecule has 0 saturated heterocycles. The normalized spacial score (nSPS) is 10.9. The molecule has 3 heterocycles. The van der Waals surface area contributed by atoms with E-state index in [0.717, 1.165) is 22.8 Å². The number of hydrogen-bond donors (Lipinski definition) is 1. The lowest BCUT2D eigenvalue weighted by Crippen LogP contribution is -2.11. The first-order valence-corrected chi connectivity index (χ1v) is 7.98. The molecule has 24 heavy (non-hydrogen) atoms. The van der Waals surface area contributed by atoms with Gasteiger partial charge in [-0.05, 0) is 36.7 Å². The van der Waals surface area contributed by atoms with Gasteiger partial charge in [-0.25, -0.2) is 9.97 Å². The first-order valence-electron chi connectivity index (χ1n) is 7.21. The fourth-order valence-corrected chi connectivity index (χ4v) is 2.90. The monoisotopic (exact) mass is 336 g/mol. The fourth-order valence-electron chi connectivity index (χ4n) is 2.35. The Hall–Kier alpha value is -3.13. The van der Waals surface area contributed by atoms with Gasteiger partial charge in [-0.15, -0.1) is 5.10 Å². The lowest BCUT2D eigenvalue weighted by molar-refractivity contribution is 0.103. The molecule has 0 aliphatic carbocycles. The molecule has 1 N–H and O–H groups in total. The molecule has 0 spiro atoms. The van der Waals surface area contributed by atoms with Gasteiger partial charge in [0.05, 0.1) is 11.4 Å². The van der Waals surface area contributed by atoms with Gasteiger partial charge in [0.25, 0.3) is 5.91 Å². The van der Waals surface area contributed by atoms with Gasteiger partial charge in [-0.2, -0.15) is 0 Å². The minimum absolute atomic E-state index is 0.212. The molecule has 0 aliphatic rings. The van der Waals surface area contributed by atoms with Crippen LogP contribution in [0.5, 0.6) is 0 Å². The van der Waals surface area contributed by atoms with Crippen LogP contribution in [0.4, 0.5) is 5.69 Å². The maximum Gasteiger partial charge on any atom is 0.269 e. The van der Waals surface area contributed by atoms with Crippen molar-refractivity contribution in [1.82, 2.24) is 24.0 Å². The highest BCUT2D eigenvalue weighted by molar-refractivity contribution is 7.08. The van der Waals surface area contributed by atoms with Crippen LogP contribution in [0.2, 0.25) is 0 Å². The molecule has 0 atom stereocenters. The highest BCUT2D eigenvalue weighted by Crippen LogP contribution is 2.23. The number of aromatic nitrogens is 5. The predicted octanol–water partition coefficient (Wildman–Crippen LogP) is 2.81. The Labute approximate surface area is 141 Å². The molecule has 0 aliphatic heterocycles. The van der Waals surface area contributed by atoms with Gasteiger partial charge >= 0.3 is 0 Å². The average Bonchev–Trinajstić information content (AvgIpc) is 3.21. The second kappa shape index (κ2) is 5.82. The van der Waals surface area contributed by atoms with E-state index >= 15 is 0 Å². The van der Waals surface area contributed by atoms with Gasteiger partial charge in [0.2, 0.25) is 5.78 Å². The molecular formula is C16H12N6OS. The first kappa shape index (κ1) is 14.5. The lowest BCUT2D eigenvalue weighted by Gasteiger charge is -2.05. The fraction of sp³-hybridized carbons (Fsp3) is 0.0625. The van der Waals surface area contributed by atoms with Crippen LogP contribution in [-0.2, 0) is 0 Å². The number of carbonyl (C=O) groups is 1. The van der Waals surface area contributed by atoms with Gasteiger partial charge in [-0.1, -0.05) is 16.6 Å². The Morgan fingerprint density at radius 1 is 1.29 bits per heavy atom. The Kier molecular flexibility index (Phi) is 3.51. The Morgan fingerprint density at radius 3 is 3.00 bits per heavy atom. The summed E-state index contributed by atoms with van der Waals surface area (Å²) in [6.45, 7) is 1.76. The van der Waals surface area contributed by atoms with E-state index in [4.69, 9.17) is 0 Å². The summed E-state index contributed by atoms with van der Waals surface area (Å²) in [6, 6.07) is 9.38. The van der Waals surface area contributed by atoms with Gasteiger partial charge in [0, 0.05) is 29.8 Å².